The average molecular weight is 388 g/mol. The molecule has 0 aromatic rings. The number of rotatable bonds is 4. The van der Waals surface area contributed by atoms with Gasteiger partial charge in [0.15, 0.2) is 0 Å². The standard InChI is InChI=1S/C25H41NO2/c1-5-26-13-10-16(2)19-6-7-20-23-21(9-12-25(19,20)4)24(3)11-8-18(27)14-17(24)15-22(23)28/h16-23,27-28H,1,6-15H2,2-4H3/t16-,17+,18-,19-,20+,21+,22-,23+,24+,25-/m1/s1. The summed E-state index contributed by atoms with van der Waals surface area (Å²) in [5.41, 5.74) is 0.698. The Labute approximate surface area is 171 Å². The Kier molecular flexibility index (Phi) is 5.57. The highest BCUT2D eigenvalue weighted by molar-refractivity contribution is 5.46. The molecule has 3 nitrogen and oxygen atoms in total. The third-order valence-electron chi connectivity index (χ3n) is 10.2. The Balaban J connectivity index is 1.55. The fraction of sp³-hybridized carbons (Fsp3) is 0.920. The molecule has 0 saturated heterocycles. The van der Waals surface area contributed by atoms with E-state index in [1.807, 2.05) is 0 Å². The second-order valence-electron chi connectivity index (χ2n) is 11.3. The topological polar surface area (TPSA) is 52.8 Å². The maximum atomic E-state index is 11.3. The summed E-state index contributed by atoms with van der Waals surface area (Å²) in [6.07, 6.45) is 9.92. The summed E-state index contributed by atoms with van der Waals surface area (Å²) in [5, 5.41) is 21.5. The molecular formula is C25H41NO2. The predicted molar refractivity (Wildman–Crippen MR) is 114 cm³/mol. The summed E-state index contributed by atoms with van der Waals surface area (Å²) in [7, 11) is 0. The monoisotopic (exact) mass is 387 g/mol. The van der Waals surface area contributed by atoms with Crippen molar-refractivity contribution in [3.05, 3.63) is 6.58 Å². The van der Waals surface area contributed by atoms with Crippen LogP contribution in [0.4, 0.5) is 0 Å². The van der Waals surface area contributed by atoms with Gasteiger partial charge in [0.25, 0.3) is 0 Å². The molecule has 0 aromatic carbocycles. The molecule has 0 heterocycles. The second-order valence-corrected chi connectivity index (χ2v) is 11.3. The smallest absolute Gasteiger partial charge is 0.0577 e. The quantitative estimate of drug-likeness (QED) is 0.677. The first kappa shape index (κ1) is 20.6. The zero-order valence-electron chi connectivity index (χ0n) is 18.2. The first-order valence-electron chi connectivity index (χ1n) is 11.9. The fourth-order valence-corrected chi connectivity index (χ4v) is 8.72. The van der Waals surface area contributed by atoms with Crippen LogP contribution in [0.2, 0.25) is 0 Å². The van der Waals surface area contributed by atoms with Gasteiger partial charge in [0.1, 0.15) is 0 Å². The Hall–Kier alpha value is -0.630. The van der Waals surface area contributed by atoms with Crippen LogP contribution >= 0.6 is 0 Å². The summed E-state index contributed by atoms with van der Waals surface area (Å²) in [5.74, 6) is 6.40. The lowest BCUT2D eigenvalue weighted by atomic mass is 9.43. The lowest BCUT2D eigenvalue weighted by Crippen LogP contribution is -2.58. The molecular weight excluding hydrogens is 346 g/mol. The normalized spacial score (nSPS) is 51.4. The van der Waals surface area contributed by atoms with Gasteiger partial charge in [-0.3, -0.25) is 0 Å². The van der Waals surface area contributed by atoms with Crippen molar-refractivity contribution in [1.29, 1.82) is 0 Å². The van der Waals surface area contributed by atoms with Gasteiger partial charge in [-0.1, -0.05) is 20.8 Å². The van der Waals surface area contributed by atoms with E-state index in [1.54, 1.807) is 0 Å². The molecule has 0 spiro atoms. The van der Waals surface area contributed by atoms with Crippen molar-refractivity contribution in [3.63, 3.8) is 0 Å². The van der Waals surface area contributed by atoms with Gasteiger partial charge in [0.05, 0.1) is 12.2 Å². The fourth-order valence-electron chi connectivity index (χ4n) is 8.72. The zero-order valence-corrected chi connectivity index (χ0v) is 18.2. The Morgan fingerprint density at radius 3 is 2.50 bits per heavy atom. The van der Waals surface area contributed by atoms with E-state index in [-0.39, 0.29) is 12.2 Å². The minimum Gasteiger partial charge on any atom is -0.393 e. The third kappa shape index (κ3) is 3.13. The first-order chi connectivity index (χ1) is 13.3. The van der Waals surface area contributed by atoms with Gasteiger partial charge >= 0.3 is 0 Å². The van der Waals surface area contributed by atoms with Gasteiger partial charge in [-0.2, -0.15) is 0 Å². The lowest BCUT2D eigenvalue weighted by Gasteiger charge is -2.62. The summed E-state index contributed by atoms with van der Waals surface area (Å²) >= 11 is 0. The molecule has 10 atom stereocenters. The van der Waals surface area contributed by atoms with Gasteiger partial charge in [-0.25, -0.2) is 4.99 Å². The molecule has 0 bridgehead atoms. The second kappa shape index (κ2) is 7.56. The van der Waals surface area contributed by atoms with Crippen LogP contribution in [0.5, 0.6) is 0 Å². The number of aliphatic hydroxyl groups excluding tert-OH is 2. The average Bonchev–Trinajstić information content (AvgIpc) is 3.00. The van der Waals surface area contributed by atoms with Crippen LogP contribution in [0.15, 0.2) is 11.6 Å². The van der Waals surface area contributed by atoms with E-state index in [4.69, 9.17) is 0 Å². The van der Waals surface area contributed by atoms with Crippen LogP contribution in [-0.4, -0.2) is 34.8 Å². The number of hydrogen-bond acceptors (Lipinski definition) is 3. The molecule has 0 unspecified atom stereocenters. The largest absolute Gasteiger partial charge is 0.393 e. The van der Waals surface area contributed by atoms with Crippen molar-refractivity contribution >= 4 is 5.87 Å². The number of aliphatic hydroxyl groups is 2. The molecule has 0 amide bonds. The Morgan fingerprint density at radius 2 is 1.75 bits per heavy atom. The number of hydrogen-bond donors (Lipinski definition) is 2. The van der Waals surface area contributed by atoms with Crippen molar-refractivity contribution in [2.24, 2.45) is 51.3 Å². The van der Waals surface area contributed by atoms with Gasteiger partial charge in [0.2, 0.25) is 0 Å². The van der Waals surface area contributed by atoms with Crippen molar-refractivity contribution in [1.82, 2.24) is 0 Å². The highest BCUT2D eigenvalue weighted by Crippen LogP contribution is 2.68. The summed E-state index contributed by atoms with van der Waals surface area (Å²) < 4.78 is 0. The van der Waals surface area contributed by atoms with Crippen molar-refractivity contribution < 1.29 is 10.2 Å². The number of fused-ring (bicyclic) bond motifs is 5. The van der Waals surface area contributed by atoms with Crippen molar-refractivity contribution in [2.45, 2.75) is 90.8 Å². The molecule has 3 heteroatoms. The third-order valence-corrected chi connectivity index (χ3v) is 10.2. The highest BCUT2D eigenvalue weighted by Gasteiger charge is 2.62. The lowest BCUT2D eigenvalue weighted by molar-refractivity contribution is -0.174. The molecule has 158 valence electrons. The van der Waals surface area contributed by atoms with E-state index >= 15 is 0 Å². The van der Waals surface area contributed by atoms with Crippen LogP contribution in [0.1, 0.15) is 78.6 Å². The van der Waals surface area contributed by atoms with Crippen LogP contribution in [-0.2, 0) is 0 Å². The highest BCUT2D eigenvalue weighted by atomic mass is 16.3. The Morgan fingerprint density at radius 1 is 1.04 bits per heavy atom. The minimum atomic E-state index is -0.169. The van der Waals surface area contributed by atoms with E-state index in [0.29, 0.717) is 40.4 Å². The molecule has 2 N–H and O–H groups in total. The first-order valence-corrected chi connectivity index (χ1v) is 11.9. The molecule has 0 radical (unpaired) electrons. The van der Waals surface area contributed by atoms with Gasteiger partial charge in [0, 0.05) is 6.54 Å². The minimum absolute atomic E-state index is 0.148. The van der Waals surface area contributed by atoms with Crippen molar-refractivity contribution in [2.75, 3.05) is 6.54 Å². The predicted octanol–water partition coefficient (Wildman–Crippen LogP) is 4.86. The Bertz CT molecular complexity index is 628. The molecule has 4 rings (SSSR count). The molecule has 4 aliphatic rings. The van der Waals surface area contributed by atoms with E-state index in [1.165, 1.54) is 25.7 Å². The van der Waals surface area contributed by atoms with E-state index < -0.39 is 0 Å². The molecule has 4 fully saturated rings. The van der Waals surface area contributed by atoms with Crippen LogP contribution in [0.3, 0.4) is 0 Å². The molecule has 0 aromatic heterocycles. The van der Waals surface area contributed by atoms with E-state index in [2.05, 4.69) is 38.2 Å². The zero-order chi connectivity index (χ0) is 20.1. The molecule has 28 heavy (non-hydrogen) atoms. The number of nitrogens with zero attached hydrogens (tertiary/aromatic N) is 1. The number of aliphatic imine (C=N–C) groups is 1. The molecule has 4 saturated carbocycles. The van der Waals surface area contributed by atoms with Crippen molar-refractivity contribution in [3.8, 4) is 0 Å². The van der Waals surface area contributed by atoms with Gasteiger partial charge < -0.3 is 10.2 Å². The van der Waals surface area contributed by atoms with Crippen LogP contribution in [0, 0.1) is 46.3 Å². The van der Waals surface area contributed by atoms with Crippen LogP contribution < -0.4 is 0 Å². The maximum Gasteiger partial charge on any atom is 0.0577 e. The van der Waals surface area contributed by atoms with E-state index in [0.717, 1.165) is 44.6 Å². The summed E-state index contributed by atoms with van der Waals surface area (Å²) in [6, 6.07) is 0. The maximum absolute atomic E-state index is 11.3. The van der Waals surface area contributed by atoms with Crippen LogP contribution in [0.25, 0.3) is 0 Å². The SMILES string of the molecule is C=C=NCC[C@@H](C)[C@H]1CC[C@H]2[C@@H]3[C@H](O)C[C@@H]4C[C@H](O)CC[C@]4(C)[C@H]3CC[C@]12C. The van der Waals surface area contributed by atoms with Gasteiger partial charge in [-0.05, 0) is 117 Å². The summed E-state index contributed by atoms with van der Waals surface area (Å²) in [6.45, 7) is 11.9. The molecule has 0 aliphatic heterocycles. The van der Waals surface area contributed by atoms with E-state index in [9.17, 15) is 10.2 Å². The molecule has 4 aliphatic carbocycles. The van der Waals surface area contributed by atoms with Gasteiger partial charge in [-0.15, -0.1) is 0 Å². The summed E-state index contributed by atoms with van der Waals surface area (Å²) in [4.78, 5) is 4.23.